The standard InChI is InChI=1S/C30H28N6O3/c1-39-27-10-8-25(9-11-27)32-30(38)28-12-13-29(34-33-28)36-16-14-35(15-17-36)21-24-5-3-2-4-23(24)7-6-22-18-26(37)20-31-19-22/h2-5,8-13,18-20,37H,14-17,21H2,1H3,(H,32,38). The molecule has 0 unspecified atom stereocenters. The van der Waals surface area contributed by atoms with Gasteiger partial charge in [0.2, 0.25) is 0 Å². The average Bonchev–Trinajstić information content (AvgIpc) is 2.98. The molecule has 1 fully saturated rings. The van der Waals surface area contributed by atoms with Crippen LogP contribution in [0.2, 0.25) is 0 Å². The summed E-state index contributed by atoms with van der Waals surface area (Å²) in [5, 5.41) is 20.9. The van der Waals surface area contributed by atoms with E-state index in [1.54, 1.807) is 49.7 Å². The second-order valence-electron chi connectivity index (χ2n) is 9.06. The molecule has 0 radical (unpaired) electrons. The SMILES string of the molecule is COc1ccc(NC(=O)c2ccc(N3CCN(Cc4ccccc4C#Cc4cncc(O)c4)CC3)nn2)cc1. The first-order chi connectivity index (χ1) is 19.1. The van der Waals surface area contributed by atoms with E-state index in [-0.39, 0.29) is 17.4 Å². The van der Waals surface area contributed by atoms with Crippen molar-refractivity contribution >= 4 is 17.4 Å². The summed E-state index contributed by atoms with van der Waals surface area (Å²) < 4.78 is 5.14. The zero-order valence-electron chi connectivity index (χ0n) is 21.5. The van der Waals surface area contributed by atoms with Gasteiger partial charge in [-0.05, 0) is 54.1 Å². The van der Waals surface area contributed by atoms with Gasteiger partial charge < -0.3 is 20.1 Å². The molecule has 196 valence electrons. The van der Waals surface area contributed by atoms with Gasteiger partial charge in [-0.3, -0.25) is 14.7 Å². The number of amides is 1. The van der Waals surface area contributed by atoms with Crippen molar-refractivity contribution in [2.45, 2.75) is 6.54 Å². The molecule has 1 amide bonds. The number of nitrogens with one attached hydrogen (secondary N) is 1. The van der Waals surface area contributed by atoms with Crippen LogP contribution in [-0.2, 0) is 6.54 Å². The quantitative estimate of drug-likeness (QED) is 0.372. The summed E-state index contributed by atoms with van der Waals surface area (Å²) in [6.07, 6.45) is 3.02. The molecular weight excluding hydrogens is 492 g/mol. The average molecular weight is 521 g/mol. The zero-order chi connectivity index (χ0) is 27.0. The predicted molar refractivity (Wildman–Crippen MR) is 149 cm³/mol. The monoisotopic (exact) mass is 520 g/mol. The Morgan fingerprint density at radius 3 is 2.49 bits per heavy atom. The molecule has 0 bridgehead atoms. The van der Waals surface area contributed by atoms with Crippen LogP contribution >= 0.6 is 0 Å². The molecule has 0 atom stereocenters. The van der Waals surface area contributed by atoms with Gasteiger partial charge in [-0.15, -0.1) is 10.2 Å². The zero-order valence-corrected chi connectivity index (χ0v) is 21.5. The fourth-order valence-electron chi connectivity index (χ4n) is 4.28. The Morgan fingerprint density at radius 2 is 1.77 bits per heavy atom. The first-order valence-electron chi connectivity index (χ1n) is 12.6. The van der Waals surface area contributed by atoms with Crippen molar-refractivity contribution < 1.29 is 14.6 Å². The summed E-state index contributed by atoms with van der Waals surface area (Å²) >= 11 is 0. The molecule has 0 saturated carbocycles. The molecular formula is C30H28N6O3. The number of piperazine rings is 1. The third-order valence-corrected chi connectivity index (χ3v) is 6.40. The molecule has 1 aliphatic rings. The van der Waals surface area contributed by atoms with Crippen LogP contribution in [0.5, 0.6) is 11.5 Å². The maximum absolute atomic E-state index is 12.6. The third-order valence-electron chi connectivity index (χ3n) is 6.40. The first-order valence-corrected chi connectivity index (χ1v) is 12.6. The Hall–Kier alpha value is -4.94. The van der Waals surface area contributed by atoms with E-state index in [1.165, 1.54) is 6.20 Å². The van der Waals surface area contributed by atoms with Gasteiger partial charge in [0.05, 0.1) is 13.3 Å². The summed E-state index contributed by atoms with van der Waals surface area (Å²) in [7, 11) is 1.60. The largest absolute Gasteiger partial charge is 0.506 e. The van der Waals surface area contributed by atoms with Crippen LogP contribution in [0.4, 0.5) is 11.5 Å². The van der Waals surface area contributed by atoms with E-state index in [1.807, 2.05) is 24.3 Å². The second-order valence-corrected chi connectivity index (χ2v) is 9.06. The number of carbonyl (C=O) groups excluding carboxylic acids is 1. The summed E-state index contributed by atoms with van der Waals surface area (Å²) in [5.41, 5.74) is 3.69. The van der Waals surface area contributed by atoms with Crippen molar-refractivity contribution in [3.05, 3.63) is 102 Å². The number of aromatic hydroxyl groups is 1. The van der Waals surface area contributed by atoms with Gasteiger partial charge in [0.1, 0.15) is 11.5 Å². The van der Waals surface area contributed by atoms with Crippen LogP contribution in [0, 0.1) is 11.8 Å². The molecule has 2 aromatic heterocycles. The molecule has 2 N–H and O–H groups in total. The molecule has 3 heterocycles. The predicted octanol–water partition coefficient (Wildman–Crippen LogP) is 3.56. The molecule has 0 spiro atoms. The lowest BCUT2D eigenvalue weighted by atomic mass is 10.1. The molecule has 39 heavy (non-hydrogen) atoms. The lowest BCUT2D eigenvalue weighted by Crippen LogP contribution is -2.46. The highest BCUT2D eigenvalue weighted by Gasteiger charge is 2.20. The Balaban J connectivity index is 1.16. The number of ether oxygens (including phenoxy) is 1. The number of nitrogens with zero attached hydrogens (tertiary/aromatic N) is 5. The summed E-state index contributed by atoms with van der Waals surface area (Å²) in [6.45, 7) is 4.11. The number of carbonyl (C=O) groups is 1. The van der Waals surface area contributed by atoms with Crippen molar-refractivity contribution in [1.29, 1.82) is 0 Å². The second kappa shape index (κ2) is 12.1. The summed E-state index contributed by atoms with van der Waals surface area (Å²) in [6, 6.07) is 20.4. The fraction of sp³-hybridized carbons (Fsp3) is 0.200. The van der Waals surface area contributed by atoms with Crippen LogP contribution in [-0.4, -0.2) is 64.4 Å². The molecule has 2 aromatic carbocycles. The minimum Gasteiger partial charge on any atom is -0.506 e. The first kappa shape index (κ1) is 25.7. The lowest BCUT2D eigenvalue weighted by Gasteiger charge is -2.35. The lowest BCUT2D eigenvalue weighted by molar-refractivity contribution is 0.102. The number of anilines is 2. The molecule has 1 saturated heterocycles. The minimum absolute atomic E-state index is 0.101. The van der Waals surface area contributed by atoms with Crippen LogP contribution in [0.3, 0.4) is 0 Å². The number of pyridine rings is 1. The molecule has 0 aliphatic carbocycles. The van der Waals surface area contributed by atoms with Crippen molar-refractivity contribution in [2.24, 2.45) is 0 Å². The van der Waals surface area contributed by atoms with E-state index in [0.717, 1.165) is 55.4 Å². The van der Waals surface area contributed by atoms with E-state index in [4.69, 9.17) is 4.74 Å². The van der Waals surface area contributed by atoms with Gasteiger partial charge in [0.15, 0.2) is 11.5 Å². The van der Waals surface area contributed by atoms with Gasteiger partial charge in [0, 0.05) is 55.7 Å². The topological polar surface area (TPSA) is 104 Å². The van der Waals surface area contributed by atoms with Gasteiger partial charge in [-0.1, -0.05) is 30.0 Å². The molecule has 4 aromatic rings. The van der Waals surface area contributed by atoms with Crippen LogP contribution in [0.15, 0.2) is 79.1 Å². The maximum Gasteiger partial charge on any atom is 0.276 e. The van der Waals surface area contributed by atoms with E-state index in [0.29, 0.717) is 11.3 Å². The maximum atomic E-state index is 12.6. The van der Waals surface area contributed by atoms with Crippen molar-refractivity contribution in [3.8, 4) is 23.3 Å². The van der Waals surface area contributed by atoms with Crippen molar-refractivity contribution in [2.75, 3.05) is 43.5 Å². The van der Waals surface area contributed by atoms with Crippen molar-refractivity contribution in [1.82, 2.24) is 20.1 Å². The van der Waals surface area contributed by atoms with Gasteiger partial charge in [-0.2, -0.15) is 0 Å². The van der Waals surface area contributed by atoms with Gasteiger partial charge in [0.25, 0.3) is 5.91 Å². The van der Waals surface area contributed by atoms with Gasteiger partial charge >= 0.3 is 0 Å². The summed E-state index contributed by atoms with van der Waals surface area (Å²) in [4.78, 5) is 21.1. The highest BCUT2D eigenvalue weighted by molar-refractivity contribution is 6.02. The van der Waals surface area contributed by atoms with Crippen molar-refractivity contribution in [3.63, 3.8) is 0 Å². The molecule has 1 aliphatic heterocycles. The van der Waals surface area contributed by atoms with Crippen LogP contribution in [0.25, 0.3) is 0 Å². The number of hydrogen-bond donors (Lipinski definition) is 2. The smallest absolute Gasteiger partial charge is 0.276 e. The van der Waals surface area contributed by atoms with E-state index >= 15 is 0 Å². The van der Waals surface area contributed by atoms with E-state index in [9.17, 15) is 9.90 Å². The molecule has 5 rings (SSSR count). The van der Waals surface area contributed by atoms with E-state index < -0.39 is 0 Å². The van der Waals surface area contributed by atoms with Crippen LogP contribution < -0.4 is 15.0 Å². The number of rotatable bonds is 6. The summed E-state index contributed by atoms with van der Waals surface area (Å²) in [5.74, 6) is 7.57. The Kier molecular flexibility index (Phi) is 7.95. The van der Waals surface area contributed by atoms with Crippen LogP contribution in [0.1, 0.15) is 27.2 Å². The molecule has 9 heteroatoms. The highest BCUT2D eigenvalue weighted by atomic mass is 16.5. The number of benzene rings is 2. The minimum atomic E-state index is -0.314. The third kappa shape index (κ3) is 6.69. The van der Waals surface area contributed by atoms with E-state index in [2.05, 4.69) is 48.2 Å². The number of methoxy groups -OCH3 is 1. The Morgan fingerprint density at radius 1 is 0.974 bits per heavy atom. The molecule has 9 nitrogen and oxygen atoms in total. The number of hydrogen-bond acceptors (Lipinski definition) is 8. The van der Waals surface area contributed by atoms with Gasteiger partial charge in [-0.25, -0.2) is 0 Å². The highest BCUT2D eigenvalue weighted by Crippen LogP contribution is 2.18. The normalized spacial score (nSPS) is 13.3. The fourth-order valence-corrected chi connectivity index (χ4v) is 4.28. The Bertz CT molecular complexity index is 1490. The Labute approximate surface area is 227 Å². The number of aromatic nitrogens is 3.